The summed E-state index contributed by atoms with van der Waals surface area (Å²) in [5.41, 5.74) is 0.983. The zero-order valence-electron chi connectivity index (χ0n) is 16.1. The van der Waals surface area contributed by atoms with E-state index in [1.165, 1.54) is 0 Å². The number of rotatable bonds is 5. The van der Waals surface area contributed by atoms with Crippen LogP contribution < -0.4 is 0 Å². The molecular formula is C22H28N2O4. The largest absolute Gasteiger partial charge is 0.481 e. The van der Waals surface area contributed by atoms with Gasteiger partial charge in [-0.1, -0.05) is 30.3 Å². The maximum absolute atomic E-state index is 13.1. The van der Waals surface area contributed by atoms with Gasteiger partial charge in [-0.15, -0.1) is 0 Å². The fourth-order valence-corrected chi connectivity index (χ4v) is 4.82. The van der Waals surface area contributed by atoms with Gasteiger partial charge in [0.05, 0.1) is 18.3 Å². The van der Waals surface area contributed by atoms with Gasteiger partial charge in [-0.25, -0.2) is 0 Å². The number of piperidine rings is 1. The Hall–Kier alpha value is -2.37. The first-order chi connectivity index (χ1) is 13.5. The Morgan fingerprint density at radius 3 is 2.39 bits per heavy atom. The number of carbonyl (C=O) groups is 3. The van der Waals surface area contributed by atoms with Gasteiger partial charge in [0.15, 0.2) is 0 Å². The first kappa shape index (κ1) is 19.0. The molecule has 0 radical (unpaired) electrons. The van der Waals surface area contributed by atoms with Gasteiger partial charge in [-0.2, -0.15) is 0 Å². The molecule has 6 nitrogen and oxygen atoms in total. The van der Waals surface area contributed by atoms with Crippen LogP contribution in [0.15, 0.2) is 30.3 Å². The molecule has 1 aromatic carbocycles. The van der Waals surface area contributed by atoms with Crippen LogP contribution in [0, 0.1) is 23.7 Å². The number of aliphatic carboxylic acids is 1. The van der Waals surface area contributed by atoms with Crippen molar-refractivity contribution in [1.29, 1.82) is 0 Å². The Balaban J connectivity index is 1.37. The number of likely N-dealkylation sites (tertiary alicyclic amines) is 2. The number of carboxylic acids is 1. The van der Waals surface area contributed by atoms with Gasteiger partial charge in [-0.05, 0) is 43.1 Å². The van der Waals surface area contributed by atoms with Crippen molar-refractivity contribution in [3.8, 4) is 0 Å². The van der Waals surface area contributed by atoms with E-state index in [4.69, 9.17) is 0 Å². The molecule has 2 amide bonds. The number of hydrogen-bond donors (Lipinski definition) is 1. The van der Waals surface area contributed by atoms with Crippen LogP contribution in [0.25, 0.3) is 0 Å². The quantitative estimate of drug-likeness (QED) is 0.843. The Morgan fingerprint density at radius 1 is 0.964 bits per heavy atom. The molecule has 2 aliphatic heterocycles. The number of benzene rings is 1. The summed E-state index contributed by atoms with van der Waals surface area (Å²) in [6.45, 7) is 2.03. The van der Waals surface area contributed by atoms with Gasteiger partial charge < -0.3 is 14.9 Å². The van der Waals surface area contributed by atoms with Crippen LogP contribution in [-0.4, -0.2) is 58.9 Å². The molecule has 3 aliphatic rings. The van der Waals surface area contributed by atoms with E-state index in [9.17, 15) is 19.5 Å². The van der Waals surface area contributed by atoms with Crippen LogP contribution in [0.1, 0.15) is 31.2 Å². The molecule has 2 saturated heterocycles. The predicted molar refractivity (Wildman–Crippen MR) is 103 cm³/mol. The van der Waals surface area contributed by atoms with E-state index in [1.54, 1.807) is 4.90 Å². The van der Waals surface area contributed by atoms with E-state index >= 15 is 0 Å². The lowest BCUT2D eigenvalue weighted by atomic mass is 9.92. The highest BCUT2D eigenvalue weighted by atomic mass is 16.4. The molecule has 3 atom stereocenters. The molecule has 1 saturated carbocycles. The predicted octanol–water partition coefficient (Wildman–Crippen LogP) is 2.04. The van der Waals surface area contributed by atoms with E-state index in [0.717, 1.165) is 31.2 Å². The van der Waals surface area contributed by atoms with Crippen LogP contribution >= 0.6 is 0 Å². The number of amides is 2. The second-order valence-corrected chi connectivity index (χ2v) is 8.53. The second kappa shape index (κ2) is 7.94. The van der Waals surface area contributed by atoms with Crippen LogP contribution in [0.4, 0.5) is 0 Å². The Kier molecular flexibility index (Phi) is 5.38. The molecule has 1 unspecified atom stereocenters. The third-order valence-corrected chi connectivity index (χ3v) is 6.54. The van der Waals surface area contributed by atoms with Crippen molar-refractivity contribution in [2.24, 2.45) is 23.7 Å². The second-order valence-electron chi connectivity index (χ2n) is 8.53. The maximum atomic E-state index is 13.1. The lowest BCUT2D eigenvalue weighted by Gasteiger charge is -2.34. The van der Waals surface area contributed by atoms with Crippen LogP contribution in [0.3, 0.4) is 0 Å². The summed E-state index contributed by atoms with van der Waals surface area (Å²) >= 11 is 0. The van der Waals surface area contributed by atoms with Gasteiger partial charge in [0.25, 0.3) is 0 Å². The summed E-state index contributed by atoms with van der Waals surface area (Å²) in [5.74, 6) is -0.765. The lowest BCUT2D eigenvalue weighted by molar-refractivity contribution is -0.143. The van der Waals surface area contributed by atoms with E-state index < -0.39 is 11.9 Å². The fraction of sp³-hybridized carbons (Fsp3) is 0.591. The molecule has 28 heavy (non-hydrogen) atoms. The Labute approximate surface area is 165 Å². The zero-order valence-corrected chi connectivity index (χ0v) is 16.1. The molecule has 3 fully saturated rings. The van der Waals surface area contributed by atoms with E-state index in [2.05, 4.69) is 0 Å². The fourth-order valence-electron chi connectivity index (χ4n) is 4.82. The summed E-state index contributed by atoms with van der Waals surface area (Å²) in [4.78, 5) is 40.9. The average Bonchev–Trinajstić information content (AvgIpc) is 3.46. The minimum Gasteiger partial charge on any atom is -0.481 e. The zero-order chi connectivity index (χ0) is 19.7. The van der Waals surface area contributed by atoms with Crippen molar-refractivity contribution >= 4 is 17.8 Å². The normalized spacial score (nSPS) is 27.6. The Morgan fingerprint density at radius 2 is 1.71 bits per heavy atom. The highest BCUT2D eigenvalue weighted by Gasteiger charge is 2.47. The van der Waals surface area contributed by atoms with E-state index in [1.807, 2.05) is 35.2 Å². The summed E-state index contributed by atoms with van der Waals surface area (Å²) < 4.78 is 0. The van der Waals surface area contributed by atoms with Crippen molar-refractivity contribution in [3.05, 3.63) is 35.9 Å². The lowest BCUT2D eigenvalue weighted by Crippen LogP contribution is -2.46. The van der Waals surface area contributed by atoms with Crippen LogP contribution in [0.5, 0.6) is 0 Å². The standard InChI is InChI=1S/C22H28N2O4/c25-20(11-15-5-2-1-3-6-15)23-10-4-7-17(12-23)21(26)24-13-18(16-8-9-16)19(14-24)22(27)28/h1-3,5-6,16-19H,4,7-14H2,(H,27,28)/t17?,18-,19+/m1/s1. The molecule has 150 valence electrons. The molecule has 4 rings (SSSR count). The molecule has 0 aromatic heterocycles. The van der Waals surface area contributed by atoms with Gasteiger partial charge in [0.2, 0.25) is 11.8 Å². The van der Waals surface area contributed by atoms with Crippen molar-refractivity contribution < 1.29 is 19.5 Å². The maximum Gasteiger partial charge on any atom is 0.308 e. The van der Waals surface area contributed by atoms with Gasteiger partial charge in [0, 0.05) is 26.2 Å². The number of hydrogen-bond acceptors (Lipinski definition) is 3. The molecule has 2 heterocycles. The molecule has 6 heteroatoms. The first-order valence-corrected chi connectivity index (χ1v) is 10.4. The van der Waals surface area contributed by atoms with Crippen molar-refractivity contribution in [2.45, 2.75) is 32.1 Å². The Bertz CT molecular complexity index is 746. The summed E-state index contributed by atoms with van der Waals surface area (Å²) in [6, 6.07) is 9.66. The highest BCUT2D eigenvalue weighted by Crippen LogP contribution is 2.44. The third-order valence-electron chi connectivity index (χ3n) is 6.54. The topological polar surface area (TPSA) is 77.9 Å². The monoisotopic (exact) mass is 384 g/mol. The van der Waals surface area contributed by atoms with Gasteiger partial charge >= 0.3 is 5.97 Å². The van der Waals surface area contributed by atoms with Gasteiger partial charge in [-0.3, -0.25) is 14.4 Å². The van der Waals surface area contributed by atoms with E-state index in [0.29, 0.717) is 38.5 Å². The smallest absolute Gasteiger partial charge is 0.308 e. The summed E-state index contributed by atoms with van der Waals surface area (Å²) in [7, 11) is 0. The summed E-state index contributed by atoms with van der Waals surface area (Å²) in [6.07, 6.45) is 4.12. The molecule has 0 bridgehead atoms. The minimum absolute atomic E-state index is 0.0339. The first-order valence-electron chi connectivity index (χ1n) is 10.4. The molecule has 0 spiro atoms. The minimum atomic E-state index is -0.782. The average molecular weight is 384 g/mol. The van der Waals surface area contributed by atoms with Crippen molar-refractivity contribution in [1.82, 2.24) is 9.80 Å². The molecule has 1 N–H and O–H groups in total. The van der Waals surface area contributed by atoms with Crippen LogP contribution in [-0.2, 0) is 20.8 Å². The molecule has 1 aromatic rings. The van der Waals surface area contributed by atoms with E-state index in [-0.39, 0.29) is 23.7 Å². The van der Waals surface area contributed by atoms with Crippen LogP contribution in [0.2, 0.25) is 0 Å². The van der Waals surface area contributed by atoms with Crippen molar-refractivity contribution in [3.63, 3.8) is 0 Å². The number of carbonyl (C=O) groups excluding carboxylic acids is 2. The summed E-state index contributed by atoms with van der Waals surface area (Å²) in [5, 5.41) is 9.53. The van der Waals surface area contributed by atoms with Gasteiger partial charge in [0.1, 0.15) is 0 Å². The van der Waals surface area contributed by atoms with Crippen molar-refractivity contribution in [2.75, 3.05) is 26.2 Å². The molecule has 1 aliphatic carbocycles. The number of carboxylic acid groups (broad SMARTS) is 1. The third kappa shape index (κ3) is 4.05. The SMILES string of the molecule is O=C(O)[C@H]1CN(C(=O)C2CCCN(C(=O)Cc3ccccc3)C2)C[C@@H]1C1CC1. The number of nitrogens with zero attached hydrogens (tertiary/aromatic N) is 2. The highest BCUT2D eigenvalue weighted by molar-refractivity contribution is 5.83. The molecular weight excluding hydrogens is 356 g/mol.